The van der Waals surface area contributed by atoms with Crippen molar-refractivity contribution in [2.75, 3.05) is 4.72 Å². The topological polar surface area (TPSA) is 95.5 Å². The van der Waals surface area contributed by atoms with Gasteiger partial charge >= 0.3 is 0 Å². The van der Waals surface area contributed by atoms with E-state index in [1.165, 1.54) is 0 Å². The van der Waals surface area contributed by atoms with Crippen LogP contribution < -0.4 is 10.2 Å². The van der Waals surface area contributed by atoms with Crippen LogP contribution in [0.1, 0.15) is 9.67 Å². The van der Waals surface area contributed by atoms with Gasteiger partial charge in [0.15, 0.2) is 0 Å². The van der Waals surface area contributed by atoms with Crippen LogP contribution in [0.25, 0.3) is 20.9 Å². The summed E-state index contributed by atoms with van der Waals surface area (Å²) in [4.78, 5) is 12.1. The largest absolute Gasteiger partial charge is 0.288 e. The van der Waals surface area contributed by atoms with Gasteiger partial charge in [-0.2, -0.15) is 0 Å². The van der Waals surface area contributed by atoms with E-state index < -0.39 is 15.9 Å². The van der Waals surface area contributed by atoms with Crippen LogP contribution in [0.4, 0.5) is 5.69 Å². The minimum absolute atomic E-state index is 0.201. The maximum Gasteiger partial charge on any atom is 0.284 e. The molecule has 0 atom stereocenters. The van der Waals surface area contributed by atoms with Gasteiger partial charge in [-0.1, -0.05) is 42.5 Å². The molecule has 4 aromatic rings. The van der Waals surface area contributed by atoms with Gasteiger partial charge in [-0.25, -0.2) is 13.9 Å². The fourth-order valence-corrected chi connectivity index (χ4v) is 5.17. The number of rotatable bonds is 4. The van der Waals surface area contributed by atoms with Gasteiger partial charge < -0.3 is 0 Å². The molecule has 0 fully saturated rings. The van der Waals surface area contributed by atoms with Crippen molar-refractivity contribution in [1.29, 1.82) is 0 Å². The number of fused-ring (bicyclic) bond motifs is 2. The van der Waals surface area contributed by atoms with Gasteiger partial charge in [0.1, 0.15) is 0 Å². The normalized spacial score (nSPS) is 11.6. The van der Waals surface area contributed by atoms with Crippen LogP contribution in [0.15, 0.2) is 71.6 Å². The molecule has 0 saturated heterocycles. The van der Waals surface area contributed by atoms with Crippen molar-refractivity contribution in [3.05, 3.63) is 71.6 Å². The minimum atomic E-state index is -3.79. The molecule has 3 aromatic carbocycles. The molecule has 136 valence electrons. The lowest BCUT2D eigenvalue weighted by molar-refractivity contribution is 0.0711. The van der Waals surface area contributed by atoms with E-state index in [1.807, 2.05) is 18.2 Å². The highest BCUT2D eigenvalue weighted by atomic mass is 32.2. The highest BCUT2D eigenvalue weighted by Crippen LogP contribution is 2.30. The van der Waals surface area contributed by atoms with Crippen LogP contribution in [0.5, 0.6) is 0 Å². The first kappa shape index (κ1) is 17.5. The number of benzene rings is 3. The standard InChI is InChI=1S/C19H14N2O4S2/c22-19(20-23)17-10-13-8-9-14(11-16(13)26-17)21-27(24,25)18-7-3-5-12-4-1-2-6-15(12)18/h1-11,21,23H,(H,20,22). The highest BCUT2D eigenvalue weighted by Gasteiger charge is 2.18. The van der Waals surface area contributed by atoms with E-state index in [2.05, 4.69) is 4.72 Å². The van der Waals surface area contributed by atoms with Gasteiger partial charge in [0.05, 0.1) is 15.5 Å². The monoisotopic (exact) mass is 398 g/mol. The predicted molar refractivity (Wildman–Crippen MR) is 106 cm³/mol. The zero-order chi connectivity index (χ0) is 19.0. The third-order valence-electron chi connectivity index (χ3n) is 4.14. The van der Waals surface area contributed by atoms with Crippen LogP contribution in [0.2, 0.25) is 0 Å². The molecule has 0 spiro atoms. The molecule has 4 rings (SSSR count). The predicted octanol–water partition coefficient (Wildman–Crippen LogP) is 3.97. The molecule has 0 unspecified atom stereocenters. The molecule has 0 aliphatic rings. The zero-order valence-electron chi connectivity index (χ0n) is 13.8. The summed E-state index contributed by atoms with van der Waals surface area (Å²) >= 11 is 1.16. The first-order valence-electron chi connectivity index (χ1n) is 7.96. The number of anilines is 1. The van der Waals surface area contributed by atoms with Gasteiger partial charge in [-0.05, 0) is 35.0 Å². The van der Waals surface area contributed by atoms with E-state index in [0.29, 0.717) is 16.0 Å². The van der Waals surface area contributed by atoms with Gasteiger partial charge in [0.2, 0.25) is 0 Å². The molecule has 6 nitrogen and oxygen atoms in total. The number of thiophene rings is 1. The molecule has 0 radical (unpaired) electrons. The molecular formula is C19H14N2O4S2. The third kappa shape index (κ3) is 3.25. The van der Waals surface area contributed by atoms with Crippen molar-refractivity contribution in [2.24, 2.45) is 0 Å². The highest BCUT2D eigenvalue weighted by molar-refractivity contribution is 7.93. The molecule has 0 aliphatic heterocycles. The SMILES string of the molecule is O=C(NO)c1cc2ccc(NS(=O)(=O)c3cccc4ccccc34)cc2s1. The van der Waals surface area contributed by atoms with Crippen molar-refractivity contribution < 1.29 is 18.4 Å². The van der Waals surface area contributed by atoms with Crippen molar-refractivity contribution in [3.8, 4) is 0 Å². The Morgan fingerprint density at radius 2 is 1.70 bits per heavy atom. The Bertz CT molecular complexity index is 1270. The third-order valence-corrected chi connectivity index (χ3v) is 6.67. The summed E-state index contributed by atoms with van der Waals surface area (Å²) in [7, 11) is -3.79. The van der Waals surface area contributed by atoms with Crippen LogP contribution in [-0.4, -0.2) is 19.5 Å². The summed E-state index contributed by atoms with van der Waals surface area (Å²) in [5, 5.41) is 11.0. The Morgan fingerprint density at radius 3 is 2.52 bits per heavy atom. The summed E-state index contributed by atoms with van der Waals surface area (Å²) in [6.45, 7) is 0. The molecule has 0 aliphatic carbocycles. The molecule has 27 heavy (non-hydrogen) atoms. The summed E-state index contributed by atoms with van der Waals surface area (Å²) < 4.78 is 29.1. The Kier molecular flexibility index (Phi) is 4.31. The average Bonchev–Trinajstić information content (AvgIpc) is 3.10. The van der Waals surface area contributed by atoms with Crippen LogP contribution in [0.3, 0.4) is 0 Å². The van der Waals surface area contributed by atoms with E-state index in [4.69, 9.17) is 5.21 Å². The molecular weight excluding hydrogens is 384 g/mol. The van der Waals surface area contributed by atoms with Gasteiger partial charge in [-0.3, -0.25) is 14.7 Å². The number of amides is 1. The first-order valence-corrected chi connectivity index (χ1v) is 10.3. The molecule has 0 bridgehead atoms. The van der Waals surface area contributed by atoms with Crippen LogP contribution in [-0.2, 0) is 10.0 Å². The first-order chi connectivity index (χ1) is 13.0. The molecule has 8 heteroatoms. The van der Waals surface area contributed by atoms with E-state index in [-0.39, 0.29) is 4.90 Å². The average molecular weight is 398 g/mol. The fraction of sp³-hybridized carbons (Fsp3) is 0. The Morgan fingerprint density at radius 1 is 0.926 bits per heavy atom. The fourth-order valence-electron chi connectivity index (χ4n) is 2.90. The number of hydrogen-bond acceptors (Lipinski definition) is 5. The molecule has 1 aromatic heterocycles. The Hall–Kier alpha value is -2.94. The van der Waals surface area contributed by atoms with E-state index in [1.54, 1.807) is 54.0 Å². The quantitative estimate of drug-likeness (QED) is 0.358. The molecule has 3 N–H and O–H groups in total. The minimum Gasteiger partial charge on any atom is -0.288 e. The lowest BCUT2D eigenvalue weighted by Gasteiger charge is -2.10. The molecule has 1 amide bonds. The van der Waals surface area contributed by atoms with Crippen molar-refractivity contribution in [1.82, 2.24) is 5.48 Å². The van der Waals surface area contributed by atoms with Gasteiger partial charge in [-0.15, -0.1) is 11.3 Å². The maximum atomic E-state index is 12.9. The van der Waals surface area contributed by atoms with E-state index in [0.717, 1.165) is 26.8 Å². The number of hydroxylamine groups is 1. The summed E-state index contributed by atoms with van der Waals surface area (Å²) in [6.07, 6.45) is 0. The van der Waals surface area contributed by atoms with Gasteiger partial charge in [0, 0.05) is 10.1 Å². The zero-order valence-corrected chi connectivity index (χ0v) is 15.5. The second-order valence-electron chi connectivity index (χ2n) is 5.89. The lowest BCUT2D eigenvalue weighted by Crippen LogP contribution is -2.16. The van der Waals surface area contributed by atoms with Crippen LogP contribution >= 0.6 is 11.3 Å². The molecule has 1 heterocycles. The number of sulfonamides is 1. The second-order valence-corrected chi connectivity index (χ2v) is 8.62. The number of nitrogens with one attached hydrogen (secondary N) is 2. The Balaban J connectivity index is 1.73. The van der Waals surface area contributed by atoms with Crippen molar-refractivity contribution in [3.63, 3.8) is 0 Å². The van der Waals surface area contributed by atoms with Crippen molar-refractivity contribution in [2.45, 2.75) is 4.90 Å². The Labute approximate surface area is 159 Å². The number of carbonyl (C=O) groups is 1. The number of carbonyl (C=O) groups excluding carboxylic acids is 1. The summed E-state index contributed by atoms with van der Waals surface area (Å²) in [6, 6.07) is 19.1. The smallest absolute Gasteiger partial charge is 0.284 e. The number of hydrogen-bond donors (Lipinski definition) is 3. The van der Waals surface area contributed by atoms with Crippen molar-refractivity contribution >= 4 is 53.8 Å². The van der Waals surface area contributed by atoms with E-state index >= 15 is 0 Å². The summed E-state index contributed by atoms with van der Waals surface area (Å²) in [5.74, 6) is -0.603. The lowest BCUT2D eigenvalue weighted by atomic mass is 10.1. The summed E-state index contributed by atoms with van der Waals surface area (Å²) in [5.41, 5.74) is 1.99. The maximum absolute atomic E-state index is 12.9. The van der Waals surface area contributed by atoms with Crippen LogP contribution in [0, 0.1) is 0 Å². The second kappa shape index (κ2) is 6.66. The molecule has 0 saturated carbocycles. The van der Waals surface area contributed by atoms with E-state index in [9.17, 15) is 13.2 Å². The van der Waals surface area contributed by atoms with Gasteiger partial charge in [0.25, 0.3) is 15.9 Å².